The van der Waals surface area contributed by atoms with Crippen LogP contribution in [0.2, 0.25) is 5.15 Å². The molecule has 0 unspecified atom stereocenters. The molecule has 21 heavy (non-hydrogen) atoms. The van der Waals surface area contributed by atoms with Gasteiger partial charge in [-0.1, -0.05) is 30.7 Å². The fourth-order valence-corrected chi connectivity index (χ4v) is 2.83. The van der Waals surface area contributed by atoms with Gasteiger partial charge >= 0.3 is 0 Å². The van der Waals surface area contributed by atoms with Crippen LogP contribution < -0.4 is 5.32 Å². The van der Waals surface area contributed by atoms with Crippen molar-refractivity contribution < 1.29 is 13.2 Å². The number of carbonyl (C=O) groups excluding carboxylic acids is 1. The van der Waals surface area contributed by atoms with Crippen LogP contribution in [0.4, 0.5) is 5.69 Å². The molecule has 0 fully saturated rings. The molecule has 0 saturated carbocycles. The molecule has 110 valence electrons. The van der Waals surface area contributed by atoms with Crippen molar-refractivity contribution in [2.75, 3.05) is 11.1 Å². The molecule has 1 aromatic carbocycles. The molecule has 0 atom stereocenters. The SMILES string of the molecule is CCS(=O)(=O)c1ccccc1NC(=O)c1cncc(Cl)n1. The summed E-state index contributed by atoms with van der Waals surface area (Å²) in [5.74, 6) is -0.639. The second-order valence-corrected chi connectivity index (χ2v) is 6.71. The van der Waals surface area contributed by atoms with E-state index < -0.39 is 15.7 Å². The third-order valence-corrected chi connectivity index (χ3v) is 4.66. The van der Waals surface area contributed by atoms with Crippen LogP contribution in [-0.2, 0) is 9.84 Å². The smallest absolute Gasteiger partial charge is 0.275 e. The summed E-state index contributed by atoms with van der Waals surface area (Å²) in [6.07, 6.45) is 2.55. The van der Waals surface area contributed by atoms with E-state index in [0.29, 0.717) is 0 Å². The van der Waals surface area contributed by atoms with Crippen molar-refractivity contribution >= 4 is 33.0 Å². The first-order valence-electron chi connectivity index (χ1n) is 6.04. The maximum absolute atomic E-state index is 12.1. The highest BCUT2D eigenvalue weighted by Crippen LogP contribution is 2.22. The van der Waals surface area contributed by atoms with Crippen molar-refractivity contribution in [2.24, 2.45) is 0 Å². The largest absolute Gasteiger partial charge is 0.319 e. The van der Waals surface area contributed by atoms with Crippen LogP contribution in [0.15, 0.2) is 41.6 Å². The third-order valence-electron chi connectivity index (χ3n) is 2.69. The van der Waals surface area contributed by atoms with Gasteiger partial charge in [-0.3, -0.25) is 9.78 Å². The van der Waals surface area contributed by atoms with Crippen molar-refractivity contribution in [3.8, 4) is 0 Å². The molecule has 1 amide bonds. The Labute approximate surface area is 127 Å². The highest BCUT2D eigenvalue weighted by molar-refractivity contribution is 7.91. The Bertz CT molecular complexity index is 778. The second kappa shape index (κ2) is 6.19. The van der Waals surface area contributed by atoms with Crippen molar-refractivity contribution in [3.63, 3.8) is 0 Å². The number of nitrogens with zero attached hydrogens (tertiary/aromatic N) is 2. The molecule has 0 bridgehead atoms. The maximum Gasteiger partial charge on any atom is 0.275 e. The summed E-state index contributed by atoms with van der Waals surface area (Å²) in [6.45, 7) is 1.54. The van der Waals surface area contributed by atoms with Crippen LogP contribution in [0.25, 0.3) is 0 Å². The summed E-state index contributed by atoms with van der Waals surface area (Å²) in [4.78, 5) is 19.7. The van der Waals surface area contributed by atoms with Crippen LogP contribution in [0.3, 0.4) is 0 Å². The molecule has 6 nitrogen and oxygen atoms in total. The number of hydrogen-bond acceptors (Lipinski definition) is 5. The normalized spacial score (nSPS) is 11.1. The van der Waals surface area contributed by atoms with Crippen LogP contribution in [0, 0.1) is 0 Å². The minimum Gasteiger partial charge on any atom is -0.319 e. The van der Waals surface area contributed by atoms with Gasteiger partial charge in [0, 0.05) is 0 Å². The number of carbonyl (C=O) groups is 1. The molecular weight excluding hydrogens is 314 g/mol. The van der Waals surface area contributed by atoms with Crippen molar-refractivity contribution in [3.05, 3.63) is 47.5 Å². The number of benzene rings is 1. The zero-order valence-corrected chi connectivity index (χ0v) is 12.6. The fourth-order valence-electron chi connectivity index (χ4n) is 1.63. The monoisotopic (exact) mass is 325 g/mol. The highest BCUT2D eigenvalue weighted by Gasteiger charge is 2.18. The van der Waals surface area contributed by atoms with Gasteiger partial charge in [-0.25, -0.2) is 13.4 Å². The lowest BCUT2D eigenvalue weighted by molar-refractivity contribution is 0.102. The molecule has 0 saturated heterocycles. The third kappa shape index (κ3) is 3.56. The fraction of sp³-hybridized carbons (Fsp3) is 0.154. The summed E-state index contributed by atoms with van der Waals surface area (Å²) in [7, 11) is -3.44. The Morgan fingerprint density at radius 3 is 2.67 bits per heavy atom. The molecule has 0 aliphatic rings. The molecule has 2 aromatic rings. The van der Waals surface area contributed by atoms with Crippen molar-refractivity contribution in [1.29, 1.82) is 0 Å². The van der Waals surface area contributed by atoms with Crippen molar-refractivity contribution in [1.82, 2.24) is 9.97 Å². The summed E-state index contributed by atoms with van der Waals surface area (Å²) < 4.78 is 24.0. The molecule has 0 aliphatic carbocycles. The standard InChI is InChI=1S/C13H12ClN3O3S/c1-2-21(19,20)11-6-4-3-5-9(11)17-13(18)10-7-15-8-12(14)16-10/h3-8H,2H2,1H3,(H,17,18). The summed E-state index contributed by atoms with van der Waals surface area (Å²) in [6, 6.07) is 6.18. The van der Waals surface area contributed by atoms with E-state index in [-0.39, 0.29) is 27.2 Å². The van der Waals surface area contributed by atoms with Crippen molar-refractivity contribution in [2.45, 2.75) is 11.8 Å². The Balaban J connectivity index is 2.35. The lowest BCUT2D eigenvalue weighted by Crippen LogP contribution is -2.17. The van der Waals surface area contributed by atoms with Crippen LogP contribution >= 0.6 is 11.6 Å². The summed E-state index contributed by atoms with van der Waals surface area (Å²) in [5, 5.41) is 2.60. The van der Waals surface area contributed by atoms with E-state index in [1.54, 1.807) is 12.1 Å². The molecular formula is C13H12ClN3O3S. The Morgan fingerprint density at radius 2 is 2.00 bits per heavy atom. The number of para-hydroxylation sites is 1. The summed E-state index contributed by atoms with van der Waals surface area (Å²) >= 11 is 5.67. The first-order valence-corrected chi connectivity index (χ1v) is 8.07. The number of sulfone groups is 1. The van der Waals surface area contributed by atoms with E-state index in [2.05, 4.69) is 15.3 Å². The summed E-state index contributed by atoms with van der Waals surface area (Å²) in [5.41, 5.74) is 0.206. The first-order chi connectivity index (χ1) is 9.94. The topological polar surface area (TPSA) is 89.0 Å². The van der Waals surface area contributed by atoms with Gasteiger partial charge in [0.15, 0.2) is 9.84 Å². The molecule has 0 radical (unpaired) electrons. The van der Waals surface area contributed by atoms with Gasteiger partial charge in [-0.05, 0) is 12.1 Å². The molecule has 1 N–H and O–H groups in total. The van der Waals surface area contributed by atoms with Gasteiger partial charge in [0.05, 0.1) is 28.7 Å². The lowest BCUT2D eigenvalue weighted by atomic mass is 10.3. The number of amides is 1. The van der Waals surface area contributed by atoms with E-state index in [9.17, 15) is 13.2 Å². The number of rotatable bonds is 4. The number of nitrogens with one attached hydrogen (secondary N) is 1. The first kappa shape index (κ1) is 15.4. The Kier molecular flexibility index (Phi) is 4.54. The van der Waals surface area contributed by atoms with E-state index in [0.717, 1.165) is 0 Å². The maximum atomic E-state index is 12.1. The minimum atomic E-state index is -3.44. The van der Waals surface area contributed by atoms with Crippen LogP contribution in [-0.4, -0.2) is 30.0 Å². The zero-order valence-electron chi connectivity index (χ0n) is 11.1. The number of halogens is 1. The van der Waals surface area contributed by atoms with E-state index in [4.69, 9.17) is 11.6 Å². The van der Waals surface area contributed by atoms with Gasteiger partial charge in [0.25, 0.3) is 5.91 Å². The average molecular weight is 326 g/mol. The van der Waals surface area contributed by atoms with E-state index >= 15 is 0 Å². The Hall–Kier alpha value is -1.99. The van der Waals surface area contributed by atoms with Gasteiger partial charge in [-0.2, -0.15) is 0 Å². The quantitative estimate of drug-likeness (QED) is 0.930. The van der Waals surface area contributed by atoms with E-state index in [1.807, 2.05) is 0 Å². The molecule has 2 rings (SSSR count). The predicted molar refractivity (Wildman–Crippen MR) is 79.2 cm³/mol. The van der Waals surface area contributed by atoms with E-state index in [1.165, 1.54) is 31.5 Å². The lowest BCUT2D eigenvalue weighted by Gasteiger charge is -2.10. The predicted octanol–water partition coefficient (Wildman–Crippen LogP) is 2.18. The van der Waals surface area contributed by atoms with Gasteiger partial charge in [0.2, 0.25) is 0 Å². The van der Waals surface area contributed by atoms with Crippen LogP contribution in [0.5, 0.6) is 0 Å². The molecule has 8 heteroatoms. The number of anilines is 1. The van der Waals surface area contributed by atoms with Gasteiger partial charge < -0.3 is 5.32 Å². The average Bonchev–Trinajstić information content (AvgIpc) is 2.47. The molecule has 1 heterocycles. The van der Waals surface area contributed by atoms with Gasteiger partial charge in [-0.15, -0.1) is 0 Å². The number of aromatic nitrogens is 2. The molecule has 1 aromatic heterocycles. The minimum absolute atomic E-state index is 0.00574. The highest BCUT2D eigenvalue weighted by atomic mass is 35.5. The zero-order chi connectivity index (χ0) is 15.5. The molecule has 0 aliphatic heterocycles. The number of hydrogen-bond donors (Lipinski definition) is 1. The van der Waals surface area contributed by atoms with Crippen LogP contribution in [0.1, 0.15) is 17.4 Å². The second-order valence-electron chi connectivity index (χ2n) is 4.08. The Morgan fingerprint density at radius 1 is 1.29 bits per heavy atom. The molecule has 0 spiro atoms. The van der Waals surface area contributed by atoms with Gasteiger partial charge in [0.1, 0.15) is 10.8 Å².